The second kappa shape index (κ2) is 2.92. The van der Waals surface area contributed by atoms with E-state index in [1.54, 1.807) is 0 Å². The van der Waals surface area contributed by atoms with Crippen LogP contribution in [0.3, 0.4) is 0 Å². The highest BCUT2D eigenvalue weighted by molar-refractivity contribution is 7.56. The van der Waals surface area contributed by atoms with Crippen molar-refractivity contribution >= 4 is 24.6 Å². The molecule has 0 amide bonds. The predicted octanol–water partition coefficient (Wildman–Crippen LogP) is 0.579. The van der Waals surface area contributed by atoms with Crippen molar-refractivity contribution in [1.29, 1.82) is 0 Å². The van der Waals surface area contributed by atoms with Crippen molar-refractivity contribution in [3.05, 3.63) is 0 Å². The molecule has 0 aliphatic heterocycles. The van der Waals surface area contributed by atoms with Crippen LogP contribution in [0.15, 0.2) is 0 Å². The second-order valence-electron chi connectivity index (χ2n) is 4.69. The largest absolute Gasteiger partial charge is 0.355 e. The molecule has 1 atom stereocenters. The molecule has 0 spiro atoms. The molecule has 2 N–H and O–H groups in total. The Bertz CT molecular complexity index is 115. The lowest BCUT2D eigenvalue weighted by Gasteiger charge is -2.38. The van der Waals surface area contributed by atoms with E-state index in [-0.39, 0.29) is 0 Å². The molecule has 0 saturated heterocycles. The molecule has 0 heterocycles. The van der Waals surface area contributed by atoms with E-state index in [9.17, 15) is 0 Å². The Labute approximate surface area is 69.5 Å². The minimum absolute atomic E-state index is 0.797. The Morgan fingerprint density at radius 3 is 1.50 bits per heavy atom. The summed E-state index contributed by atoms with van der Waals surface area (Å²) in [6, 6.07) is 0. The summed E-state index contributed by atoms with van der Waals surface area (Å²) in [7, 11) is -0.904. The first kappa shape index (κ1) is 10.6. The Morgan fingerprint density at radius 2 is 1.50 bits per heavy atom. The fraction of sp³-hybridized carbons (Fsp3) is 1.00. The normalized spacial score (nSPS) is 19.5. The maximum Gasteiger partial charge on any atom is 0.0945 e. The molecule has 0 aromatic carbocycles. The third-order valence-electron chi connectivity index (χ3n) is 2.82. The minimum Gasteiger partial charge on any atom is -0.355 e. The summed E-state index contributed by atoms with van der Waals surface area (Å²) in [6.07, 6.45) is 0. The Hall–Kier alpha value is 0.611. The van der Waals surface area contributed by atoms with E-state index in [0.29, 0.717) is 0 Å². The fourth-order valence-corrected chi connectivity index (χ4v) is 7.79. The maximum atomic E-state index is 6.40. The average Bonchev–Trinajstić information content (AvgIpc) is 1.62. The zero-order valence-electron chi connectivity index (χ0n) is 8.15. The number of rotatable bonds is 2. The Kier molecular flexibility index (Phi) is 3.10. The standard InChI is InChI=1S/C6H21NSi3/c1-6(2)10(7,8)9(3,4)5/h6H,7H2,1-5,8H3. The first-order valence-electron chi connectivity index (χ1n) is 3.98. The molecule has 0 aliphatic carbocycles. The lowest BCUT2D eigenvalue weighted by Crippen LogP contribution is -2.67. The van der Waals surface area contributed by atoms with Crippen molar-refractivity contribution in [3.63, 3.8) is 0 Å². The lowest BCUT2D eigenvalue weighted by atomic mass is 10.6. The smallest absolute Gasteiger partial charge is 0.0945 e. The first-order chi connectivity index (χ1) is 4.19. The molecule has 0 saturated carbocycles. The summed E-state index contributed by atoms with van der Waals surface area (Å²) in [5, 5.41) is 6.40. The van der Waals surface area contributed by atoms with Gasteiger partial charge in [0.05, 0.1) is 14.9 Å². The highest BCUT2D eigenvalue weighted by atomic mass is 29.6. The van der Waals surface area contributed by atoms with Gasteiger partial charge in [0.2, 0.25) is 0 Å². The second-order valence-corrected chi connectivity index (χ2v) is 28.6. The van der Waals surface area contributed by atoms with Crippen LogP contribution in [0.5, 0.6) is 0 Å². The average molecular weight is 191 g/mol. The maximum absolute atomic E-state index is 6.40. The highest BCUT2D eigenvalue weighted by Crippen LogP contribution is 2.21. The molecule has 10 heavy (non-hydrogen) atoms. The van der Waals surface area contributed by atoms with E-state index in [0.717, 1.165) is 5.54 Å². The van der Waals surface area contributed by atoms with Gasteiger partial charge in [-0.25, -0.2) is 0 Å². The third-order valence-corrected chi connectivity index (χ3v) is 36.8. The molecule has 0 fully saturated rings. The van der Waals surface area contributed by atoms with Gasteiger partial charge in [-0.1, -0.05) is 33.5 Å². The van der Waals surface area contributed by atoms with Crippen molar-refractivity contribution in [1.82, 2.24) is 0 Å². The van der Waals surface area contributed by atoms with Gasteiger partial charge < -0.3 is 5.40 Å². The minimum atomic E-state index is -1.20. The molecule has 62 valence electrons. The van der Waals surface area contributed by atoms with Gasteiger partial charge in [0.1, 0.15) is 0 Å². The highest BCUT2D eigenvalue weighted by Gasteiger charge is 2.40. The molecular formula is C6H21NSi3. The molecule has 0 bridgehead atoms. The van der Waals surface area contributed by atoms with Crippen molar-refractivity contribution < 1.29 is 0 Å². The zero-order chi connectivity index (χ0) is 8.58. The molecule has 0 rings (SSSR count). The van der Waals surface area contributed by atoms with Crippen LogP contribution in [0.25, 0.3) is 0 Å². The predicted molar refractivity (Wildman–Crippen MR) is 58.3 cm³/mol. The Balaban J connectivity index is 4.40. The summed E-state index contributed by atoms with van der Waals surface area (Å²) >= 11 is 0. The quantitative estimate of drug-likeness (QED) is 0.635. The van der Waals surface area contributed by atoms with Gasteiger partial charge in [-0.15, -0.1) is 0 Å². The van der Waals surface area contributed by atoms with Crippen LogP contribution in [0.1, 0.15) is 13.8 Å². The van der Waals surface area contributed by atoms with Crippen molar-refractivity contribution in [2.24, 2.45) is 5.40 Å². The summed E-state index contributed by atoms with van der Waals surface area (Å²) in [5.41, 5.74) is 0.797. The van der Waals surface area contributed by atoms with Crippen molar-refractivity contribution in [2.75, 3.05) is 0 Å². The Morgan fingerprint density at radius 1 is 1.20 bits per heavy atom. The zero-order valence-corrected chi connectivity index (χ0v) is 12.2. The van der Waals surface area contributed by atoms with Crippen LogP contribution in [0.4, 0.5) is 0 Å². The van der Waals surface area contributed by atoms with Crippen LogP contribution < -0.4 is 5.40 Å². The third kappa shape index (κ3) is 2.05. The van der Waals surface area contributed by atoms with Gasteiger partial charge in [0.25, 0.3) is 0 Å². The van der Waals surface area contributed by atoms with Crippen LogP contribution in [-0.4, -0.2) is 24.6 Å². The van der Waals surface area contributed by atoms with Gasteiger partial charge in [0, 0.05) is 9.76 Å². The number of hydrogen-bond donors (Lipinski definition) is 1. The molecule has 0 radical (unpaired) electrons. The van der Waals surface area contributed by atoms with Crippen LogP contribution in [0, 0.1) is 0 Å². The summed E-state index contributed by atoms with van der Waals surface area (Å²) in [6.45, 7) is 11.9. The molecule has 0 aromatic heterocycles. The van der Waals surface area contributed by atoms with Gasteiger partial charge in [0.15, 0.2) is 0 Å². The topological polar surface area (TPSA) is 26.0 Å². The fourth-order valence-electron chi connectivity index (χ4n) is 0.866. The van der Waals surface area contributed by atoms with E-state index in [4.69, 9.17) is 5.40 Å². The van der Waals surface area contributed by atoms with E-state index in [1.165, 1.54) is 9.76 Å². The molecule has 1 nitrogen and oxygen atoms in total. The number of hydrogen-bond acceptors (Lipinski definition) is 1. The molecule has 4 heteroatoms. The van der Waals surface area contributed by atoms with Gasteiger partial charge in [-0.2, -0.15) is 0 Å². The van der Waals surface area contributed by atoms with Crippen LogP contribution >= 0.6 is 0 Å². The lowest BCUT2D eigenvalue weighted by molar-refractivity contribution is 1.03. The summed E-state index contributed by atoms with van der Waals surface area (Å²) < 4.78 is 0. The SMILES string of the molecule is CC(C)[Si](N)([SiH3])[Si](C)(C)C. The van der Waals surface area contributed by atoms with E-state index >= 15 is 0 Å². The molecule has 0 aliphatic rings. The number of nitrogens with two attached hydrogens (primary N) is 1. The van der Waals surface area contributed by atoms with Gasteiger partial charge >= 0.3 is 0 Å². The monoisotopic (exact) mass is 191 g/mol. The molecular weight excluding hydrogens is 170 g/mol. The van der Waals surface area contributed by atoms with Gasteiger partial charge in [-0.05, 0) is 5.54 Å². The molecule has 1 unspecified atom stereocenters. The van der Waals surface area contributed by atoms with E-state index in [1.807, 2.05) is 0 Å². The van der Waals surface area contributed by atoms with Gasteiger partial charge in [-0.3, -0.25) is 0 Å². The van der Waals surface area contributed by atoms with Crippen LogP contribution in [0.2, 0.25) is 25.2 Å². The summed E-state index contributed by atoms with van der Waals surface area (Å²) in [5.74, 6) is 0. The molecule has 0 aromatic rings. The van der Waals surface area contributed by atoms with E-state index < -0.39 is 14.9 Å². The van der Waals surface area contributed by atoms with Crippen molar-refractivity contribution in [2.45, 2.75) is 39.0 Å². The van der Waals surface area contributed by atoms with Crippen molar-refractivity contribution in [3.8, 4) is 0 Å². The first-order valence-corrected chi connectivity index (χ1v) is 14.1. The van der Waals surface area contributed by atoms with E-state index in [2.05, 4.69) is 33.5 Å². The summed E-state index contributed by atoms with van der Waals surface area (Å²) in [4.78, 5) is 0. The van der Waals surface area contributed by atoms with Crippen LogP contribution in [-0.2, 0) is 0 Å².